The van der Waals surface area contributed by atoms with Crippen LogP contribution in [0.15, 0.2) is 24.3 Å². The third kappa shape index (κ3) is 3.36. The van der Waals surface area contributed by atoms with Crippen LogP contribution in [-0.2, 0) is 22.5 Å². The van der Waals surface area contributed by atoms with Crippen molar-refractivity contribution in [2.45, 2.75) is 45.2 Å². The van der Waals surface area contributed by atoms with Crippen LogP contribution in [0.2, 0.25) is 0 Å². The molecule has 1 fully saturated rings. The number of rotatable bonds is 5. The first-order valence-electron chi connectivity index (χ1n) is 11.0. The normalized spacial score (nSPS) is 26.9. The molecule has 1 aromatic carbocycles. The number of aliphatic hydroxyl groups is 1. The summed E-state index contributed by atoms with van der Waals surface area (Å²) < 4.78 is 7.32. The van der Waals surface area contributed by atoms with Crippen LogP contribution in [-0.4, -0.2) is 59.7 Å². The highest BCUT2D eigenvalue weighted by molar-refractivity contribution is 6.03. The third-order valence-electron chi connectivity index (χ3n) is 7.28. The topological polar surface area (TPSA) is 71.8 Å². The molecule has 0 amide bonds. The average Bonchev–Trinajstić information content (AvgIpc) is 3.06. The molecular formula is C24H32N2O4. The minimum absolute atomic E-state index is 0.00592. The molecule has 162 valence electrons. The number of aromatic nitrogens is 1. The zero-order chi connectivity index (χ0) is 21.4. The van der Waals surface area contributed by atoms with Gasteiger partial charge in [-0.2, -0.15) is 0 Å². The monoisotopic (exact) mass is 412 g/mol. The lowest BCUT2D eigenvalue weighted by Crippen LogP contribution is -2.56. The molecule has 30 heavy (non-hydrogen) atoms. The maximum Gasteiger partial charge on any atom is 0.310 e. The smallest absolute Gasteiger partial charge is 0.310 e. The fourth-order valence-electron chi connectivity index (χ4n) is 5.85. The van der Waals surface area contributed by atoms with Crippen molar-refractivity contribution in [3.8, 4) is 0 Å². The number of piperidine rings is 1. The Morgan fingerprint density at radius 2 is 2.03 bits per heavy atom. The summed E-state index contributed by atoms with van der Waals surface area (Å²) in [6.07, 6.45) is 2.55. The Kier molecular flexibility index (Phi) is 5.98. The lowest BCUT2D eigenvalue weighted by Gasteiger charge is -2.48. The molecule has 4 rings (SSSR count). The largest absolute Gasteiger partial charge is 0.469 e. The van der Waals surface area contributed by atoms with Gasteiger partial charge in [-0.1, -0.05) is 31.5 Å². The van der Waals surface area contributed by atoms with Crippen molar-refractivity contribution in [2.24, 2.45) is 17.8 Å². The van der Waals surface area contributed by atoms with Crippen molar-refractivity contribution in [2.75, 3.05) is 27.3 Å². The summed E-state index contributed by atoms with van der Waals surface area (Å²) in [6.45, 7) is 3.73. The molecule has 4 atom stereocenters. The zero-order valence-electron chi connectivity index (χ0n) is 18.1. The molecule has 1 unspecified atom stereocenters. The number of carbonyl (C=O) groups is 2. The van der Waals surface area contributed by atoms with Crippen molar-refractivity contribution in [1.29, 1.82) is 0 Å². The first-order valence-corrected chi connectivity index (χ1v) is 11.0. The Morgan fingerprint density at radius 1 is 1.27 bits per heavy atom. The average molecular weight is 413 g/mol. The molecule has 1 aliphatic carbocycles. The highest BCUT2D eigenvalue weighted by Crippen LogP contribution is 2.43. The third-order valence-corrected chi connectivity index (χ3v) is 7.28. The van der Waals surface area contributed by atoms with E-state index in [1.165, 1.54) is 7.11 Å². The number of likely N-dealkylation sites (tertiary alicyclic amines) is 1. The van der Waals surface area contributed by atoms with Gasteiger partial charge in [-0.3, -0.25) is 9.59 Å². The summed E-state index contributed by atoms with van der Waals surface area (Å²) in [7, 11) is 3.54. The number of hydrogen-bond donors (Lipinski definition) is 1. The molecule has 2 bridgehead atoms. The van der Waals surface area contributed by atoms with Crippen LogP contribution in [0, 0.1) is 17.8 Å². The van der Waals surface area contributed by atoms with E-state index in [2.05, 4.69) is 29.5 Å². The summed E-state index contributed by atoms with van der Waals surface area (Å²) in [4.78, 5) is 28.8. The molecular weight excluding hydrogens is 380 g/mol. The number of fused-ring (bicyclic) bond motifs is 5. The molecule has 1 aliphatic heterocycles. The van der Waals surface area contributed by atoms with E-state index in [1.807, 2.05) is 18.2 Å². The summed E-state index contributed by atoms with van der Waals surface area (Å²) in [6, 6.07) is 8.12. The van der Waals surface area contributed by atoms with Crippen molar-refractivity contribution < 1.29 is 19.4 Å². The number of aryl methyl sites for hydroxylation is 1. The van der Waals surface area contributed by atoms with E-state index in [1.54, 1.807) is 0 Å². The highest BCUT2D eigenvalue weighted by atomic mass is 16.5. The van der Waals surface area contributed by atoms with Crippen molar-refractivity contribution in [3.05, 3.63) is 35.5 Å². The van der Waals surface area contributed by atoms with Crippen LogP contribution in [0.25, 0.3) is 10.9 Å². The molecule has 0 saturated carbocycles. The second-order valence-corrected chi connectivity index (χ2v) is 8.79. The summed E-state index contributed by atoms with van der Waals surface area (Å²) in [5, 5.41) is 10.5. The highest BCUT2D eigenvalue weighted by Gasteiger charge is 2.49. The van der Waals surface area contributed by atoms with E-state index >= 15 is 0 Å². The quantitative estimate of drug-likeness (QED) is 0.765. The van der Waals surface area contributed by atoms with Gasteiger partial charge in [0.1, 0.15) is 0 Å². The van der Waals surface area contributed by atoms with Gasteiger partial charge in [0, 0.05) is 43.1 Å². The fraction of sp³-hybridized carbons (Fsp3) is 0.583. The SMILES string of the molecule is CC[C@@H]1CN(C)[C@H]2Cc3c(n(CCCO)c4ccccc34)C(=O)C[C@H]1C2C(=O)OC. The molecule has 2 heterocycles. The molecule has 2 aromatic rings. The molecule has 1 saturated heterocycles. The van der Waals surface area contributed by atoms with E-state index < -0.39 is 0 Å². The van der Waals surface area contributed by atoms with Crippen LogP contribution in [0.1, 0.15) is 42.2 Å². The van der Waals surface area contributed by atoms with Gasteiger partial charge >= 0.3 is 5.97 Å². The summed E-state index contributed by atoms with van der Waals surface area (Å²) in [5.41, 5.74) is 2.84. The van der Waals surface area contributed by atoms with Crippen LogP contribution >= 0.6 is 0 Å². The number of nitrogens with zero attached hydrogens (tertiary/aromatic N) is 2. The zero-order valence-corrected chi connectivity index (χ0v) is 18.1. The summed E-state index contributed by atoms with van der Waals surface area (Å²) in [5.74, 6) is -0.102. The number of ether oxygens (including phenoxy) is 1. The second-order valence-electron chi connectivity index (χ2n) is 8.79. The molecule has 6 heteroatoms. The van der Waals surface area contributed by atoms with E-state index in [9.17, 15) is 14.7 Å². The number of aliphatic hydroxyl groups excluding tert-OH is 1. The number of Topliss-reactive ketones (excluding diaryl/α,β-unsaturated/α-hetero) is 1. The number of para-hydroxylation sites is 1. The van der Waals surface area contributed by atoms with Crippen molar-refractivity contribution in [1.82, 2.24) is 9.47 Å². The lowest BCUT2D eigenvalue weighted by atomic mass is 9.67. The Hall–Kier alpha value is -2.18. The Morgan fingerprint density at radius 3 is 2.73 bits per heavy atom. The van der Waals surface area contributed by atoms with E-state index in [0.717, 1.165) is 35.1 Å². The molecule has 1 aromatic heterocycles. The predicted octanol–water partition coefficient (Wildman–Crippen LogP) is 2.90. The van der Waals surface area contributed by atoms with Crippen LogP contribution in [0.5, 0.6) is 0 Å². The maximum atomic E-state index is 13.7. The van der Waals surface area contributed by atoms with Gasteiger partial charge in [0.2, 0.25) is 0 Å². The van der Waals surface area contributed by atoms with E-state index in [-0.39, 0.29) is 42.2 Å². The molecule has 0 spiro atoms. The van der Waals surface area contributed by atoms with Gasteiger partial charge in [0.05, 0.1) is 18.7 Å². The number of carbonyl (C=O) groups excluding carboxylic acids is 2. The Labute approximate surface area is 177 Å². The maximum absolute atomic E-state index is 13.7. The first-order chi connectivity index (χ1) is 14.5. The van der Waals surface area contributed by atoms with Crippen LogP contribution < -0.4 is 0 Å². The number of ketones is 1. The number of methoxy groups -OCH3 is 1. The summed E-state index contributed by atoms with van der Waals surface area (Å²) >= 11 is 0. The minimum Gasteiger partial charge on any atom is -0.469 e. The van der Waals surface area contributed by atoms with Gasteiger partial charge in [0.15, 0.2) is 5.78 Å². The van der Waals surface area contributed by atoms with Gasteiger partial charge in [-0.05, 0) is 43.4 Å². The van der Waals surface area contributed by atoms with Crippen molar-refractivity contribution in [3.63, 3.8) is 0 Å². The number of hydrogen-bond acceptors (Lipinski definition) is 5. The van der Waals surface area contributed by atoms with Crippen LogP contribution in [0.3, 0.4) is 0 Å². The minimum atomic E-state index is -0.296. The van der Waals surface area contributed by atoms with Gasteiger partial charge in [-0.15, -0.1) is 0 Å². The number of benzene rings is 1. The second kappa shape index (κ2) is 8.52. The lowest BCUT2D eigenvalue weighted by molar-refractivity contribution is -0.154. The van der Waals surface area contributed by atoms with Crippen LogP contribution in [0.4, 0.5) is 0 Å². The predicted molar refractivity (Wildman–Crippen MR) is 115 cm³/mol. The van der Waals surface area contributed by atoms with Gasteiger partial charge in [-0.25, -0.2) is 0 Å². The molecule has 2 aliphatic rings. The van der Waals surface area contributed by atoms with Gasteiger partial charge in [0.25, 0.3) is 0 Å². The molecule has 0 radical (unpaired) electrons. The van der Waals surface area contributed by atoms with Gasteiger partial charge < -0.3 is 19.3 Å². The Bertz CT molecular complexity index is 950. The molecule has 1 N–H and O–H groups in total. The van der Waals surface area contributed by atoms with Crippen molar-refractivity contribution >= 4 is 22.7 Å². The fourth-order valence-corrected chi connectivity index (χ4v) is 5.85. The number of likely N-dealkylation sites (N-methyl/N-ethyl adjacent to an activating group) is 1. The standard InChI is InChI=1S/C24H32N2O4/c1-4-15-14-25(2)20-12-18-16-8-5-6-9-19(16)26(10-7-11-27)23(18)21(28)13-17(15)22(20)24(29)30-3/h5-6,8-9,15,17,20,22,27H,4,7,10-14H2,1-3H3/t15-,17-,20+,22?/m1/s1. The Balaban J connectivity index is 1.91. The van der Waals surface area contributed by atoms with E-state index in [4.69, 9.17) is 4.74 Å². The molecule has 6 nitrogen and oxygen atoms in total. The number of esters is 1. The first kappa shape index (κ1) is 21.1. The van der Waals surface area contributed by atoms with E-state index in [0.29, 0.717) is 25.8 Å².